The van der Waals surface area contributed by atoms with Crippen LogP contribution in [0.25, 0.3) is 0 Å². The zero-order valence-electron chi connectivity index (χ0n) is 15.8. The number of hydrogen-bond acceptors (Lipinski definition) is 4. The van der Waals surface area contributed by atoms with Gasteiger partial charge in [0, 0.05) is 24.5 Å². The Morgan fingerprint density at radius 2 is 1.74 bits per heavy atom. The fourth-order valence-corrected chi connectivity index (χ4v) is 8.82. The molecule has 3 nitrogen and oxygen atoms in total. The average Bonchev–Trinajstić information content (AvgIpc) is 3.23. The number of benzene rings is 2. The molecule has 1 fully saturated rings. The zero-order chi connectivity index (χ0) is 18.5. The van der Waals surface area contributed by atoms with Crippen molar-refractivity contribution in [3.63, 3.8) is 0 Å². The third-order valence-electron chi connectivity index (χ3n) is 5.33. The molecule has 1 unspecified atom stereocenters. The Hall–Kier alpha value is -1.95. The Morgan fingerprint density at radius 3 is 2.22 bits per heavy atom. The molecule has 5 heteroatoms. The summed E-state index contributed by atoms with van der Waals surface area (Å²) in [6.45, 7) is 3.29. The predicted molar refractivity (Wildman–Crippen MR) is 117 cm³/mol. The summed E-state index contributed by atoms with van der Waals surface area (Å²) in [7, 11) is -2.32. The number of hydrogen-bond donors (Lipinski definition) is 0. The summed E-state index contributed by atoms with van der Waals surface area (Å²) in [6.07, 6.45) is 5.43. The SMILES string of the molecule is CCCC[Si](OC1CCN1c1nccs1)(c1ccccc1)c1ccccc1. The van der Waals surface area contributed by atoms with Crippen molar-refractivity contribution >= 4 is 35.2 Å². The van der Waals surface area contributed by atoms with E-state index in [-0.39, 0.29) is 6.23 Å². The lowest BCUT2D eigenvalue weighted by Crippen LogP contribution is -2.66. The second-order valence-electron chi connectivity index (χ2n) is 7.03. The van der Waals surface area contributed by atoms with Crippen molar-refractivity contribution in [1.29, 1.82) is 0 Å². The number of rotatable bonds is 8. The van der Waals surface area contributed by atoms with Gasteiger partial charge in [0.05, 0.1) is 0 Å². The first kappa shape index (κ1) is 18.4. The summed E-state index contributed by atoms with van der Waals surface area (Å²) in [5.41, 5.74) is 0. The minimum atomic E-state index is -2.32. The number of thiazole rings is 1. The molecule has 0 spiro atoms. The highest BCUT2D eigenvalue weighted by atomic mass is 32.1. The highest BCUT2D eigenvalue weighted by molar-refractivity contribution is 7.13. The molecule has 4 rings (SSSR count). The Kier molecular flexibility index (Phi) is 5.71. The molecule has 0 saturated carbocycles. The third kappa shape index (κ3) is 3.72. The van der Waals surface area contributed by atoms with E-state index < -0.39 is 8.32 Å². The maximum atomic E-state index is 7.12. The number of nitrogens with zero attached hydrogens (tertiary/aromatic N) is 2. The minimum absolute atomic E-state index is 0.125. The van der Waals surface area contributed by atoms with Crippen LogP contribution in [-0.2, 0) is 4.43 Å². The third-order valence-corrected chi connectivity index (χ3v) is 10.4. The van der Waals surface area contributed by atoms with Crippen LogP contribution in [-0.4, -0.2) is 26.1 Å². The van der Waals surface area contributed by atoms with Crippen LogP contribution in [0.1, 0.15) is 26.2 Å². The molecule has 0 bridgehead atoms. The molecule has 1 aromatic heterocycles. The molecule has 1 saturated heterocycles. The molecular formula is C22H26N2OSSi. The maximum Gasteiger partial charge on any atom is 0.258 e. The van der Waals surface area contributed by atoms with E-state index in [1.54, 1.807) is 11.3 Å². The van der Waals surface area contributed by atoms with Crippen molar-refractivity contribution < 1.29 is 4.43 Å². The van der Waals surface area contributed by atoms with Gasteiger partial charge in [0.1, 0.15) is 6.23 Å². The summed E-state index contributed by atoms with van der Waals surface area (Å²) in [5.74, 6) is 0. The van der Waals surface area contributed by atoms with Crippen LogP contribution in [0.3, 0.4) is 0 Å². The van der Waals surface area contributed by atoms with Crippen molar-refractivity contribution in [3.05, 3.63) is 72.2 Å². The van der Waals surface area contributed by atoms with Crippen LogP contribution in [0.2, 0.25) is 6.04 Å². The van der Waals surface area contributed by atoms with Crippen molar-refractivity contribution in [2.24, 2.45) is 0 Å². The van der Waals surface area contributed by atoms with E-state index in [1.807, 2.05) is 11.6 Å². The van der Waals surface area contributed by atoms with E-state index in [0.29, 0.717) is 0 Å². The molecule has 1 aliphatic rings. The molecule has 2 heterocycles. The van der Waals surface area contributed by atoms with Crippen LogP contribution in [0.15, 0.2) is 72.2 Å². The summed E-state index contributed by atoms with van der Waals surface area (Å²) in [6, 6.07) is 23.0. The molecule has 0 N–H and O–H groups in total. The van der Waals surface area contributed by atoms with E-state index in [4.69, 9.17) is 4.43 Å². The zero-order valence-corrected chi connectivity index (χ0v) is 17.6. The molecule has 2 aromatic carbocycles. The summed E-state index contributed by atoms with van der Waals surface area (Å²) in [5, 5.41) is 5.86. The largest absolute Gasteiger partial charge is 0.388 e. The maximum absolute atomic E-state index is 7.12. The van der Waals surface area contributed by atoms with Crippen LogP contribution in [0.4, 0.5) is 5.13 Å². The molecule has 0 amide bonds. The molecule has 0 radical (unpaired) electrons. The van der Waals surface area contributed by atoms with Gasteiger partial charge in [0.25, 0.3) is 8.32 Å². The first-order valence-corrected chi connectivity index (χ1v) is 12.8. The summed E-state index contributed by atoms with van der Waals surface area (Å²) < 4.78 is 7.12. The molecular weight excluding hydrogens is 368 g/mol. The normalized spacial score (nSPS) is 16.9. The van der Waals surface area contributed by atoms with Crippen molar-refractivity contribution in [2.45, 2.75) is 38.5 Å². The number of unbranched alkanes of at least 4 members (excludes halogenated alkanes) is 1. The van der Waals surface area contributed by atoms with E-state index in [9.17, 15) is 0 Å². The highest BCUT2D eigenvalue weighted by Crippen LogP contribution is 2.32. The monoisotopic (exact) mass is 394 g/mol. The van der Waals surface area contributed by atoms with Gasteiger partial charge in [-0.05, 0) is 16.4 Å². The van der Waals surface area contributed by atoms with Crippen molar-refractivity contribution in [1.82, 2.24) is 4.98 Å². The standard InChI is InChI=1S/C22H26N2OSSi/c1-2-3-18-27(19-10-6-4-7-11-19,20-12-8-5-9-13-20)25-21-14-16-24(21)22-23-15-17-26-22/h4-13,15,17,21H,2-3,14,16,18H2,1H3. The lowest BCUT2D eigenvalue weighted by atomic mass is 10.2. The molecule has 3 aromatic rings. The van der Waals surface area contributed by atoms with Gasteiger partial charge in [-0.2, -0.15) is 0 Å². The highest BCUT2D eigenvalue weighted by Gasteiger charge is 2.44. The van der Waals surface area contributed by atoms with E-state index in [0.717, 1.165) is 24.1 Å². The molecule has 140 valence electrons. The van der Waals surface area contributed by atoms with Crippen LogP contribution >= 0.6 is 11.3 Å². The van der Waals surface area contributed by atoms with Gasteiger partial charge in [0.2, 0.25) is 0 Å². The van der Waals surface area contributed by atoms with E-state index in [1.165, 1.54) is 23.2 Å². The second-order valence-corrected chi connectivity index (χ2v) is 11.4. The topological polar surface area (TPSA) is 25.4 Å². The van der Waals surface area contributed by atoms with Gasteiger partial charge in [-0.1, -0.05) is 80.4 Å². The first-order chi connectivity index (χ1) is 13.3. The molecule has 27 heavy (non-hydrogen) atoms. The Bertz CT molecular complexity index is 787. The first-order valence-electron chi connectivity index (χ1n) is 9.78. The Labute approximate surface area is 166 Å². The van der Waals surface area contributed by atoms with Gasteiger partial charge in [0.15, 0.2) is 5.13 Å². The fraction of sp³-hybridized carbons (Fsp3) is 0.318. The van der Waals surface area contributed by atoms with Gasteiger partial charge in [-0.3, -0.25) is 0 Å². The number of anilines is 1. The van der Waals surface area contributed by atoms with E-state index in [2.05, 4.69) is 77.5 Å². The summed E-state index contributed by atoms with van der Waals surface area (Å²) in [4.78, 5) is 6.83. The lowest BCUT2D eigenvalue weighted by Gasteiger charge is -2.46. The van der Waals surface area contributed by atoms with Gasteiger partial charge >= 0.3 is 0 Å². The fourth-order valence-electron chi connectivity index (χ4n) is 3.79. The van der Waals surface area contributed by atoms with Crippen molar-refractivity contribution in [2.75, 3.05) is 11.4 Å². The van der Waals surface area contributed by atoms with E-state index >= 15 is 0 Å². The van der Waals surface area contributed by atoms with Gasteiger partial charge in [-0.25, -0.2) is 4.98 Å². The minimum Gasteiger partial charge on any atom is -0.388 e. The van der Waals surface area contributed by atoms with Gasteiger partial charge < -0.3 is 9.33 Å². The Balaban J connectivity index is 1.73. The second kappa shape index (κ2) is 8.38. The number of aromatic nitrogens is 1. The van der Waals surface area contributed by atoms with Crippen LogP contribution in [0, 0.1) is 0 Å². The lowest BCUT2D eigenvalue weighted by molar-refractivity contribution is 0.134. The molecule has 1 aliphatic heterocycles. The summed E-state index contributed by atoms with van der Waals surface area (Å²) >= 11 is 1.70. The van der Waals surface area contributed by atoms with Crippen molar-refractivity contribution in [3.8, 4) is 0 Å². The van der Waals surface area contributed by atoms with Crippen LogP contribution in [0.5, 0.6) is 0 Å². The smallest absolute Gasteiger partial charge is 0.258 e. The predicted octanol–water partition coefficient (Wildman–Crippen LogP) is 4.26. The Morgan fingerprint density at radius 1 is 1.07 bits per heavy atom. The molecule has 1 atom stereocenters. The van der Waals surface area contributed by atoms with Crippen LogP contribution < -0.4 is 15.3 Å². The average molecular weight is 395 g/mol. The van der Waals surface area contributed by atoms with Gasteiger partial charge in [-0.15, -0.1) is 11.3 Å². The quantitative estimate of drug-likeness (QED) is 0.534. The molecule has 0 aliphatic carbocycles.